The second-order valence-electron chi connectivity index (χ2n) is 4.39. The zero-order chi connectivity index (χ0) is 12.5. The normalized spacial score (nSPS) is 12.8. The van der Waals surface area contributed by atoms with Crippen LogP contribution in [0.5, 0.6) is 0 Å². The predicted molar refractivity (Wildman–Crippen MR) is 76.8 cm³/mol. The molecule has 0 amide bonds. The highest BCUT2D eigenvalue weighted by molar-refractivity contribution is 7.10. The fourth-order valence-corrected chi connectivity index (χ4v) is 2.92. The number of fused-ring (bicyclic) bond motifs is 1. The standard InChI is InChI=1S/C15H14N2S/c1-10-8-12(9-18-10)14(16)15-13-5-3-2-4-11(13)6-7-17-15/h2-9,14H,16H2,1H3. The van der Waals surface area contributed by atoms with Gasteiger partial charge in [-0.15, -0.1) is 11.3 Å². The Morgan fingerprint density at radius 2 is 2.06 bits per heavy atom. The van der Waals surface area contributed by atoms with Crippen molar-refractivity contribution in [1.82, 2.24) is 4.98 Å². The van der Waals surface area contributed by atoms with Gasteiger partial charge in [-0.3, -0.25) is 4.98 Å². The van der Waals surface area contributed by atoms with E-state index < -0.39 is 0 Å². The van der Waals surface area contributed by atoms with E-state index in [4.69, 9.17) is 5.73 Å². The Morgan fingerprint density at radius 1 is 1.22 bits per heavy atom. The number of nitrogens with zero attached hydrogens (tertiary/aromatic N) is 1. The van der Waals surface area contributed by atoms with Gasteiger partial charge in [0.1, 0.15) is 0 Å². The molecule has 0 aliphatic rings. The third kappa shape index (κ3) is 1.92. The van der Waals surface area contributed by atoms with Crippen LogP contribution in [0, 0.1) is 6.92 Å². The molecule has 3 aromatic rings. The molecule has 1 aromatic carbocycles. The number of nitrogens with two attached hydrogens (primary N) is 1. The van der Waals surface area contributed by atoms with Crippen molar-refractivity contribution in [2.45, 2.75) is 13.0 Å². The minimum Gasteiger partial charge on any atom is -0.319 e. The molecule has 3 heteroatoms. The Bertz CT molecular complexity index is 682. The average molecular weight is 254 g/mol. The summed E-state index contributed by atoms with van der Waals surface area (Å²) >= 11 is 1.73. The smallest absolute Gasteiger partial charge is 0.0740 e. The summed E-state index contributed by atoms with van der Waals surface area (Å²) in [6.07, 6.45) is 1.83. The molecular formula is C15H14N2S. The fraction of sp³-hybridized carbons (Fsp3) is 0.133. The van der Waals surface area contributed by atoms with Gasteiger partial charge in [0.2, 0.25) is 0 Å². The lowest BCUT2D eigenvalue weighted by Gasteiger charge is -2.12. The molecule has 2 aromatic heterocycles. The van der Waals surface area contributed by atoms with E-state index in [-0.39, 0.29) is 6.04 Å². The molecule has 0 spiro atoms. The summed E-state index contributed by atoms with van der Waals surface area (Å²) in [4.78, 5) is 5.75. The molecular weight excluding hydrogens is 240 g/mol. The first-order valence-electron chi connectivity index (χ1n) is 5.90. The van der Waals surface area contributed by atoms with Crippen molar-refractivity contribution < 1.29 is 0 Å². The Hall–Kier alpha value is -1.71. The lowest BCUT2D eigenvalue weighted by molar-refractivity contribution is 0.844. The van der Waals surface area contributed by atoms with Crippen LogP contribution in [-0.4, -0.2) is 4.98 Å². The van der Waals surface area contributed by atoms with Crippen LogP contribution in [0.3, 0.4) is 0 Å². The van der Waals surface area contributed by atoms with Crippen molar-refractivity contribution in [3.05, 3.63) is 64.1 Å². The van der Waals surface area contributed by atoms with Gasteiger partial charge in [0.25, 0.3) is 0 Å². The minimum absolute atomic E-state index is 0.152. The third-order valence-corrected chi connectivity index (χ3v) is 3.99. The molecule has 18 heavy (non-hydrogen) atoms. The number of pyridine rings is 1. The van der Waals surface area contributed by atoms with Crippen LogP contribution in [-0.2, 0) is 0 Å². The van der Waals surface area contributed by atoms with Gasteiger partial charge in [-0.1, -0.05) is 24.3 Å². The summed E-state index contributed by atoms with van der Waals surface area (Å²) < 4.78 is 0. The Balaban J connectivity index is 2.14. The van der Waals surface area contributed by atoms with Crippen molar-refractivity contribution in [2.24, 2.45) is 5.73 Å². The number of benzene rings is 1. The maximum Gasteiger partial charge on any atom is 0.0740 e. The van der Waals surface area contributed by atoms with Gasteiger partial charge in [-0.2, -0.15) is 0 Å². The number of rotatable bonds is 2. The number of hydrogen-bond donors (Lipinski definition) is 1. The minimum atomic E-state index is -0.152. The molecule has 0 aliphatic carbocycles. The molecule has 2 heterocycles. The summed E-state index contributed by atoms with van der Waals surface area (Å²) in [6.45, 7) is 2.09. The molecule has 0 saturated heterocycles. The van der Waals surface area contributed by atoms with Crippen LogP contribution >= 0.6 is 11.3 Å². The van der Waals surface area contributed by atoms with E-state index in [1.807, 2.05) is 24.4 Å². The summed E-state index contributed by atoms with van der Waals surface area (Å²) in [5.41, 5.74) is 8.43. The lowest BCUT2D eigenvalue weighted by atomic mass is 10.0. The monoisotopic (exact) mass is 254 g/mol. The Labute approximate surface area is 110 Å². The maximum absolute atomic E-state index is 6.34. The molecule has 0 bridgehead atoms. The average Bonchev–Trinajstić information content (AvgIpc) is 2.84. The molecule has 2 N–H and O–H groups in total. The van der Waals surface area contributed by atoms with Gasteiger partial charge in [-0.25, -0.2) is 0 Å². The molecule has 0 radical (unpaired) electrons. The molecule has 0 aliphatic heterocycles. The highest BCUT2D eigenvalue weighted by Gasteiger charge is 2.14. The van der Waals surface area contributed by atoms with Gasteiger partial charge in [-0.05, 0) is 35.4 Å². The maximum atomic E-state index is 6.34. The van der Waals surface area contributed by atoms with E-state index in [1.54, 1.807) is 11.3 Å². The van der Waals surface area contributed by atoms with Crippen LogP contribution in [0.2, 0.25) is 0 Å². The number of thiophene rings is 1. The Morgan fingerprint density at radius 3 is 2.83 bits per heavy atom. The van der Waals surface area contributed by atoms with E-state index in [9.17, 15) is 0 Å². The van der Waals surface area contributed by atoms with E-state index in [2.05, 4.69) is 35.5 Å². The van der Waals surface area contributed by atoms with Crippen LogP contribution in [0.1, 0.15) is 22.2 Å². The topological polar surface area (TPSA) is 38.9 Å². The molecule has 0 fully saturated rings. The zero-order valence-electron chi connectivity index (χ0n) is 10.1. The van der Waals surface area contributed by atoms with E-state index in [1.165, 1.54) is 10.3 Å². The number of aromatic nitrogens is 1. The quantitative estimate of drug-likeness (QED) is 0.758. The second-order valence-corrected chi connectivity index (χ2v) is 5.50. The van der Waals surface area contributed by atoms with Crippen LogP contribution in [0.4, 0.5) is 0 Å². The van der Waals surface area contributed by atoms with E-state index in [0.717, 1.165) is 16.6 Å². The van der Waals surface area contributed by atoms with Crippen molar-refractivity contribution in [1.29, 1.82) is 0 Å². The fourth-order valence-electron chi connectivity index (χ4n) is 2.18. The summed E-state index contributed by atoms with van der Waals surface area (Å²) in [6, 6.07) is 12.2. The highest BCUT2D eigenvalue weighted by atomic mass is 32.1. The summed E-state index contributed by atoms with van der Waals surface area (Å²) in [5.74, 6) is 0. The lowest BCUT2D eigenvalue weighted by Crippen LogP contribution is -2.13. The number of hydrogen-bond acceptors (Lipinski definition) is 3. The molecule has 0 saturated carbocycles. The molecule has 90 valence electrons. The SMILES string of the molecule is Cc1cc(C(N)c2nccc3ccccc23)cs1. The van der Waals surface area contributed by atoms with E-state index >= 15 is 0 Å². The molecule has 3 rings (SSSR count). The summed E-state index contributed by atoms with van der Waals surface area (Å²) in [5, 5.41) is 4.44. The van der Waals surface area contributed by atoms with Crippen LogP contribution in [0.25, 0.3) is 10.8 Å². The second kappa shape index (κ2) is 4.52. The molecule has 2 nitrogen and oxygen atoms in total. The zero-order valence-corrected chi connectivity index (χ0v) is 10.9. The van der Waals surface area contributed by atoms with Gasteiger partial charge in [0.05, 0.1) is 11.7 Å². The largest absolute Gasteiger partial charge is 0.319 e. The van der Waals surface area contributed by atoms with Crippen LogP contribution in [0.15, 0.2) is 48.0 Å². The molecule has 1 unspecified atom stereocenters. The highest BCUT2D eigenvalue weighted by Crippen LogP contribution is 2.27. The van der Waals surface area contributed by atoms with Gasteiger partial charge < -0.3 is 5.73 Å². The van der Waals surface area contributed by atoms with Crippen molar-refractivity contribution in [2.75, 3.05) is 0 Å². The first kappa shape index (κ1) is 11.4. The van der Waals surface area contributed by atoms with E-state index in [0.29, 0.717) is 0 Å². The van der Waals surface area contributed by atoms with Crippen molar-refractivity contribution >= 4 is 22.1 Å². The van der Waals surface area contributed by atoms with Crippen molar-refractivity contribution in [3.8, 4) is 0 Å². The molecule has 1 atom stereocenters. The first-order valence-corrected chi connectivity index (χ1v) is 6.78. The number of aryl methyl sites for hydroxylation is 1. The van der Waals surface area contributed by atoms with Gasteiger partial charge >= 0.3 is 0 Å². The van der Waals surface area contributed by atoms with Crippen molar-refractivity contribution in [3.63, 3.8) is 0 Å². The summed E-state index contributed by atoms with van der Waals surface area (Å²) in [7, 11) is 0. The predicted octanol–water partition coefficient (Wildman–Crippen LogP) is 3.65. The van der Waals surface area contributed by atoms with Gasteiger partial charge in [0, 0.05) is 16.5 Å². The van der Waals surface area contributed by atoms with Crippen LogP contribution < -0.4 is 5.73 Å². The van der Waals surface area contributed by atoms with Gasteiger partial charge in [0.15, 0.2) is 0 Å². The third-order valence-electron chi connectivity index (χ3n) is 3.11. The Kier molecular flexibility index (Phi) is 2.86. The first-order chi connectivity index (χ1) is 8.75.